The quantitative estimate of drug-likeness (QED) is 0.179. The first-order valence-electron chi connectivity index (χ1n) is 21.9. The molecule has 0 radical (unpaired) electrons. The number of nitrogens with zero attached hydrogens (tertiary/aromatic N) is 3. The molecule has 290 valence electrons. The maximum Gasteiger partial charge on any atom is 0.164 e. The second-order valence-corrected chi connectivity index (χ2v) is 18.9. The number of hydrogen-bond donors (Lipinski definition) is 0. The SMILES string of the molecule is CC1(C)c2ccccc2C2(c3cc(-c4ccc5cc(-c6nc(-c7ccccc7)nc(-c7ccc8c(c7)oc7ccccc78)n6)ccc5c4)ccc31)C1CC3CC(C1)CC2C3. The van der Waals surface area contributed by atoms with Crippen LogP contribution in [-0.4, -0.2) is 15.0 Å². The highest BCUT2D eigenvalue weighted by Gasteiger charge is 2.62. The van der Waals surface area contributed by atoms with Gasteiger partial charge in [-0.25, -0.2) is 15.0 Å². The standard InChI is InChI=1S/C56H45N3O/c1-55(2)46-13-7-8-14-48(46)56(42-25-33-24-34(27-42)28-43(56)26-33)49-31-39(21-23-47(49)55)37-16-17-38-30-40(19-18-36(38)29-37)53-57-52(35-10-4-3-5-11-35)58-54(59-53)41-20-22-45-44-12-6-9-15-50(44)60-51(45)32-41/h3-23,29-34,42-43H,24-28H2,1-2H3. The van der Waals surface area contributed by atoms with Gasteiger partial charge in [0.2, 0.25) is 0 Å². The highest BCUT2D eigenvalue weighted by Crippen LogP contribution is 2.68. The van der Waals surface area contributed by atoms with E-state index in [0.717, 1.165) is 67.7 Å². The van der Waals surface area contributed by atoms with E-state index in [2.05, 4.69) is 129 Å². The van der Waals surface area contributed by atoms with Crippen molar-refractivity contribution in [2.45, 2.75) is 56.8 Å². The molecule has 0 N–H and O–H groups in total. The molecule has 1 spiro atoms. The summed E-state index contributed by atoms with van der Waals surface area (Å²) in [6, 6.07) is 55.3. The average molecular weight is 776 g/mol. The van der Waals surface area contributed by atoms with Gasteiger partial charge in [0.15, 0.2) is 17.5 Å². The maximum atomic E-state index is 6.27. The van der Waals surface area contributed by atoms with Crippen molar-refractivity contribution < 1.29 is 4.42 Å². The number of aromatic nitrogens is 3. The van der Waals surface area contributed by atoms with Crippen molar-refractivity contribution in [3.05, 3.63) is 174 Å². The molecule has 4 heteroatoms. The largest absolute Gasteiger partial charge is 0.456 e. The van der Waals surface area contributed by atoms with Crippen molar-refractivity contribution in [1.29, 1.82) is 0 Å². The van der Waals surface area contributed by atoms with Crippen molar-refractivity contribution in [3.63, 3.8) is 0 Å². The summed E-state index contributed by atoms with van der Waals surface area (Å²) in [5.41, 5.74) is 13.5. The van der Waals surface area contributed by atoms with E-state index >= 15 is 0 Å². The molecule has 5 aliphatic carbocycles. The van der Waals surface area contributed by atoms with E-state index in [1.807, 2.05) is 36.4 Å². The molecule has 60 heavy (non-hydrogen) atoms. The third-order valence-electron chi connectivity index (χ3n) is 15.3. The van der Waals surface area contributed by atoms with E-state index < -0.39 is 0 Å². The Hall–Kier alpha value is -6.39. The van der Waals surface area contributed by atoms with Gasteiger partial charge in [-0.15, -0.1) is 0 Å². The minimum Gasteiger partial charge on any atom is -0.456 e. The Balaban J connectivity index is 0.905. The number of benzene rings is 7. The topological polar surface area (TPSA) is 51.8 Å². The summed E-state index contributed by atoms with van der Waals surface area (Å²) in [6.07, 6.45) is 7.00. The van der Waals surface area contributed by atoms with Crippen LogP contribution in [0.4, 0.5) is 0 Å². The fourth-order valence-electron chi connectivity index (χ4n) is 12.9. The lowest BCUT2D eigenvalue weighted by Crippen LogP contribution is -2.58. The molecule has 9 aromatic rings. The Kier molecular flexibility index (Phi) is 7.22. The highest BCUT2D eigenvalue weighted by molar-refractivity contribution is 6.05. The molecule has 0 atom stereocenters. The molecule has 5 aliphatic rings. The Labute approximate surface area is 350 Å². The van der Waals surface area contributed by atoms with E-state index in [1.54, 1.807) is 16.7 Å². The number of para-hydroxylation sites is 1. The summed E-state index contributed by atoms with van der Waals surface area (Å²) in [5, 5.41) is 4.55. The summed E-state index contributed by atoms with van der Waals surface area (Å²) < 4.78 is 6.27. The van der Waals surface area contributed by atoms with E-state index in [0.29, 0.717) is 17.5 Å². The van der Waals surface area contributed by atoms with Crippen molar-refractivity contribution in [2.75, 3.05) is 0 Å². The van der Waals surface area contributed by atoms with Crippen molar-refractivity contribution in [1.82, 2.24) is 15.0 Å². The molecular formula is C56H45N3O. The monoisotopic (exact) mass is 775 g/mol. The van der Waals surface area contributed by atoms with Crippen LogP contribution in [0.15, 0.2) is 156 Å². The zero-order valence-corrected chi connectivity index (χ0v) is 34.0. The minimum absolute atomic E-state index is 0.0421. The van der Waals surface area contributed by atoms with E-state index in [-0.39, 0.29) is 10.8 Å². The molecule has 14 rings (SSSR count). The Morgan fingerprint density at radius 2 is 0.950 bits per heavy atom. The van der Waals surface area contributed by atoms with Crippen LogP contribution in [0.2, 0.25) is 0 Å². The normalized spacial score (nSPS) is 23.4. The van der Waals surface area contributed by atoms with Crippen LogP contribution < -0.4 is 0 Å². The predicted molar refractivity (Wildman–Crippen MR) is 243 cm³/mol. The number of hydrogen-bond acceptors (Lipinski definition) is 4. The first kappa shape index (κ1) is 34.5. The summed E-state index contributed by atoms with van der Waals surface area (Å²) in [4.78, 5) is 15.2. The molecule has 4 saturated carbocycles. The zero-order valence-electron chi connectivity index (χ0n) is 34.0. The third kappa shape index (κ3) is 4.94. The average Bonchev–Trinajstić information content (AvgIpc) is 3.66. The smallest absolute Gasteiger partial charge is 0.164 e. The second kappa shape index (κ2) is 12.6. The van der Waals surface area contributed by atoms with Gasteiger partial charge in [-0.3, -0.25) is 0 Å². The van der Waals surface area contributed by atoms with Gasteiger partial charge < -0.3 is 4.42 Å². The molecule has 2 aromatic heterocycles. The van der Waals surface area contributed by atoms with Gasteiger partial charge in [-0.2, -0.15) is 0 Å². The van der Waals surface area contributed by atoms with E-state index in [1.165, 1.54) is 54.2 Å². The summed E-state index contributed by atoms with van der Waals surface area (Å²) in [6.45, 7) is 4.91. The number of fused-ring (bicyclic) bond motifs is 6. The summed E-state index contributed by atoms with van der Waals surface area (Å²) in [7, 11) is 0. The van der Waals surface area contributed by atoms with Crippen LogP contribution in [-0.2, 0) is 10.8 Å². The second-order valence-electron chi connectivity index (χ2n) is 18.9. The van der Waals surface area contributed by atoms with Gasteiger partial charge in [-0.05, 0) is 136 Å². The van der Waals surface area contributed by atoms with Crippen LogP contribution in [0.25, 0.3) is 78.0 Å². The molecule has 0 saturated heterocycles. The lowest BCUT2D eigenvalue weighted by Gasteiger charge is -2.64. The van der Waals surface area contributed by atoms with Crippen LogP contribution >= 0.6 is 0 Å². The van der Waals surface area contributed by atoms with Crippen molar-refractivity contribution in [2.24, 2.45) is 23.7 Å². The summed E-state index contributed by atoms with van der Waals surface area (Å²) >= 11 is 0. The van der Waals surface area contributed by atoms with Gasteiger partial charge in [0, 0.05) is 38.3 Å². The molecule has 4 fully saturated rings. The Morgan fingerprint density at radius 3 is 1.70 bits per heavy atom. The van der Waals surface area contributed by atoms with Gasteiger partial charge in [0.25, 0.3) is 0 Å². The number of furan rings is 1. The number of rotatable bonds is 4. The van der Waals surface area contributed by atoms with Gasteiger partial charge >= 0.3 is 0 Å². The fourth-order valence-corrected chi connectivity index (χ4v) is 12.9. The first-order valence-corrected chi connectivity index (χ1v) is 21.9. The lowest BCUT2D eigenvalue weighted by molar-refractivity contribution is -0.0443. The maximum absolute atomic E-state index is 6.27. The van der Waals surface area contributed by atoms with Crippen LogP contribution in [0.3, 0.4) is 0 Å². The van der Waals surface area contributed by atoms with E-state index in [4.69, 9.17) is 19.4 Å². The van der Waals surface area contributed by atoms with Gasteiger partial charge in [0.1, 0.15) is 11.2 Å². The molecule has 0 unspecified atom stereocenters. The first-order chi connectivity index (χ1) is 29.4. The van der Waals surface area contributed by atoms with Gasteiger partial charge in [-0.1, -0.05) is 129 Å². The van der Waals surface area contributed by atoms with E-state index in [9.17, 15) is 0 Å². The van der Waals surface area contributed by atoms with Crippen molar-refractivity contribution >= 4 is 32.7 Å². The van der Waals surface area contributed by atoms with Crippen LogP contribution in [0.5, 0.6) is 0 Å². The fraction of sp³-hybridized carbons (Fsp3) is 0.232. The van der Waals surface area contributed by atoms with Crippen LogP contribution in [0.1, 0.15) is 68.2 Å². The predicted octanol–water partition coefficient (Wildman–Crippen LogP) is 14.0. The van der Waals surface area contributed by atoms with Gasteiger partial charge in [0.05, 0.1) is 0 Å². The summed E-state index contributed by atoms with van der Waals surface area (Å²) in [5.74, 6) is 5.19. The molecule has 0 aliphatic heterocycles. The highest BCUT2D eigenvalue weighted by atomic mass is 16.3. The van der Waals surface area contributed by atoms with Crippen molar-refractivity contribution in [3.8, 4) is 45.3 Å². The third-order valence-corrected chi connectivity index (χ3v) is 15.3. The molecule has 4 nitrogen and oxygen atoms in total. The van der Waals surface area contributed by atoms with Crippen LogP contribution in [0, 0.1) is 23.7 Å². The molecule has 4 bridgehead atoms. The molecular weight excluding hydrogens is 731 g/mol. The zero-order chi connectivity index (χ0) is 39.7. The lowest BCUT2D eigenvalue weighted by atomic mass is 9.39. The molecule has 0 amide bonds. The Morgan fingerprint density at radius 1 is 0.417 bits per heavy atom. The molecule has 2 heterocycles. The molecule has 7 aromatic carbocycles. The minimum atomic E-state index is -0.0421. The Bertz CT molecular complexity index is 3180.